The van der Waals surface area contributed by atoms with Crippen LogP contribution in [0.15, 0.2) is 55.0 Å². The van der Waals surface area contributed by atoms with Gasteiger partial charge in [-0.25, -0.2) is 0 Å². The van der Waals surface area contributed by atoms with E-state index in [0.717, 1.165) is 40.8 Å². The van der Waals surface area contributed by atoms with Crippen molar-refractivity contribution < 1.29 is 9.90 Å². The van der Waals surface area contributed by atoms with E-state index >= 15 is 0 Å². The van der Waals surface area contributed by atoms with Crippen LogP contribution < -0.4 is 0 Å². The molecule has 1 atom stereocenters. The van der Waals surface area contributed by atoms with Gasteiger partial charge in [-0.3, -0.25) is 14.8 Å². The molecular weight excluding hydrogens is 446 g/mol. The van der Waals surface area contributed by atoms with Gasteiger partial charge in [-0.15, -0.1) is 0 Å². The van der Waals surface area contributed by atoms with Crippen LogP contribution in [-0.4, -0.2) is 44.1 Å². The number of aromatic nitrogens is 2. The summed E-state index contributed by atoms with van der Waals surface area (Å²) < 4.78 is 0. The van der Waals surface area contributed by atoms with Crippen LogP contribution in [-0.2, 0) is 5.41 Å². The molecule has 3 heterocycles. The fourth-order valence-electron chi connectivity index (χ4n) is 4.56. The molecule has 0 spiro atoms. The van der Waals surface area contributed by atoms with Crippen molar-refractivity contribution >= 4 is 17.5 Å². The number of hydrogen-bond acceptors (Lipinski definition) is 4. The second-order valence-electron chi connectivity index (χ2n) is 10.6. The normalized spacial score (nSPS) is 16.7. The van der Waals surface area contributed by atoms with E-state index in [2.05, 4.69) is 42.9 Å². The number of hydrogen-bond donors (Lipinski definition) is 1. The molecule has 4 rings (SSSR count). The fraction of sp³-hybridized carbons (Fsp3) is 0.393. The summed E-state index contributed by atoms with van der Waals surface area (Å²) in [5.41, 5.74) is 4.27. The molecule has 1 aliphatic heterocycles. The Kier molecular flexibility index (Phi) is 6.54. The summed E-state index contributed by atoms with van der Waals surface area (Å²) in [5, 5.41) is 11.0. The number of aliphatic hydroxyl groups is 1. The van der Waals surface area contributed by atoms with Crippen LogP contribution in [0.2, 0.25) is 5.02 Å². The zero-order valence-electron chi connectivity index (χ0n) is 20.5. The lowest BCUT2D eigenvalue weighted by Crippen LogP contribution is -2.48. The number of carbonyl (C=O) groups is 1. The molecule has 1 N–H and O–H groups in total. The van der Waals surface area contributed by atoms with Gasteiger partial charge < -0.3 is 10.0 Å². The van der Waals surface area contributed by atoms with Gasteiger partial charge in [0.2, 0.25) is 0 Å². The van der Waals surface area contributed by atoms with Gasteiger partial charge in [0.1, 0.15) is 0 Å². The number of pyridine rings is 2. The highest BCUT2D eigenvalue weighted by atomic mass is 35.5. The van der Waals surface area contributed by atoms with Crippen LogP contribution in [0.5, 0.6) is 0 Å². The van der Waals surface area contributed by atoms with Crippen molar-refractivity contribution in [1.82, 2.24) is 14.9 Å². The third-order valence-electron chi connectivity index (χ3n) is 6.46. The van der Waals surface area contributed by atoms with Crippen molar-refractivity contribution in [2.24, 2.45) is 0 Å². The van der Waals surface area contributed by atoms with Gasteiger partial charge in [0, 0.05) is 63.5 Å². The monoisotopic (exact) mass is 477 g/mol. The van der Waals surface area contributed by atoms with Crippen molar-refractivity contribution in [3.63, 3.8) is 0 Å². The molecule has 178 valence electrons. The van der Waals surface area contributed by atoms with E-state index in [1.807, 2.05) is 24.5 Å². The molecule has 0 saturated carbocycles. The lowest BCUT2D eigenvalue weighted by molar-refractivity contribution is 0.000337. The summed E-state index contributed by atoms with van der Waals surface area (Å²) in [7, 11) is 0. The van der Waals surface area contributed by atoms with E-state index in [1.54, 1.807) is 37.1 Å². The van der Waals surface area contributed by atoms with Gasteiger partial charge in [0.15, 0.2) is 0 Å². The highest BCUT2D eigenvalue weighted by Gasteiger charge is 2.38. The van der Waals surface area contributed by atoms with E-state index in [4.69, 9.17) is 11.6 Å². The first kappa shape index (κ1) is 24.4. The number of likely N-dealkylation sites (tertiary alicyclic amines) is 1. The molecule has 1 amide bonds. The minimum Gasteiger partial charge on any atom is -0.388 e. The average molecular weight is 478 g/mol. The molecule has 0 aliphatic carbocycles. The van der Waals surface area contributed by atoms with Crippen molar-refractivity contribution in [3.05, 3.63) is 71.3 Å². The molecule has 3 aromatic rings. The Morgan fingerprint density at radius 2 is 1.76 bits per heavy atom. The number of benzene rings is 1. The van der Waals surface area contributed by atoms with Crippen molar-refractivity contribution in [2.45, 2.75) is 64.5 Å². The van der Waals surface area contributed by atoms with Gasteiger partial charge in [-0.05, 0) is 62.6 Å². The third kappa shape index (κ3) is 5.01. The molecular formula is C28H32ClN3O2. The summed E-state index contributed by atoms with van der Waals surface area (Å²) in [6.45, 7) is 10.6. The molecule has 1 saturated heterocycles. The lowest BCUT2D eigenvalue weighted by atomic mass is 9.90. The molecule has 0 bridgehead atoms. The number of rotatable bonds is 4. The van der Waals surface area contributed by atoms with Crippen molar-refractivity contribution in [1.29, 1.82) is 0 Å². The smallest absolute Gasteiger partial charge is 0.254 e. The molecule has 6 heteroatoms. The van der Waals surface area contributed by atoms with Crippen LogP contribution in [0.1, 0.15) is 63.5 Å². The predicted octanol–water partition coefficient (Wildman–Crippen LogP) is 6.14. The Morgan fingerprint density at radius 3 is 2.44 bits per heavy atom. The first-order valence-corrected chi connectivity index (χ1v) is 12.1. The molecule has 2 aromatic heterocycles. The second-order valence-corrected chi connectivity index (χ2v) is 11.1. The lowest BCUT2D eigenvalue weighted by Gasteiger charge is -2.34. The van der Waals surface area contributed by atoms with E-state index in [9.17, 15) is 9.90 Å². The minimum absolute atomic E-state index is 0.0493. The number of halogens is 1. The summed E-state index contributed by atoms with van der Waals surface area (Å²) in [5.74, 6) is -0.101. The first-order chi connectivity index (χ1) is 15.9. The third-order valence-corrected chi connectivity index (χ3v) is 6.77. The molecule has 5 nitrogen and oxygen atoms in total. The van der Waals surface area contributed by atoms with Crippen LogP contribution in [0.4, 0.5) is 0 Å². The first-order valence-electron chi connectivity index (χ1n) is 11.7. The van der Waals surface area contributed by atoms with Crippen LogP contribution in [0, 0.1) is 0 Å². The Bertz CT molecular complexity index is 1210. The molecule has 1 aromatic carbocycles. The molecule has 34 heavy (non-hydrogen) atoms. The molecule has 1 fully saturated rings. The molecule has 1 unspecified atom stereocenters. The van der Waals surface area contributed by atoms with E-state index in [-0.39, 0.29) is 17.4 Å². The van der Waals surface area contributed by atoms with E-state index < -0.39 is 5.60 Å². The Morgan fingerprint density at radius 1 is 1.03 bits per heavy atom. The van der Waals surface area contributed by atoms with Gasteiger partial charge in [-0.2, -0.15) is 0 Å². The second kappa shape index (κ2) is 9.12. The Balaban J connectivity index is 1.63. The van der Waals surface area contributed by atoms with Gasteiger partial charge >= 0.3 is 0 Å². The summed E-state index contributed by atoms with van der Waals surface area (Å²) >= 11 is 6.67. The van der Waals surface area contributed by atoms with Crippen LogP contribution >= 0.6 is 11.6 Å². The van der Waals surface area contributed by atoms with Crippen LogP contribution in [0.3, 0.4) is 0 Å². The van der Waals surface area contributed by atoms with Gasteiger partial charge in [-0.1, -0.05) is 38.4 Å². The SMILES string of the molecule is CC(C)(C)c1cc(-c2cncc(-c3ccc(C(=O)N4CCCC4C(C)(C)O)cc3Cl)c2)ccn1. The van der Waals surface area contributed by atoms with Crippen molar-refractivity contribution in [3.8, 4) is 22.3 Å². The Hall–Kier alpha value is -2.76. The highest BCUT2D eigenvalue weighted by Crippen LogP contribution is 2.34. The average Bonchev–Trinajstić information content (AvgIpc) is 3.29. The quantitative estimate of drug-likeness (QED) is 0.490. The summed E-state index contributed by atoms with van der Waals surface area (Å²) in [6, 6.07) is 11.3. The van der Waals surface area contributed by atoms with Gasteiger partial charge in [0.25, 0.3) is 5.91 Å². The highest BCUT2D eigenvalue weighted by molar-refractivity contribution is 6.33. The maximum atomic E-state index is 13.2. The topological polar surface area (TPSA) is 66.3 Å². The fourth-order valence-corrected chi connectivity index (χ4v) is 4.85. The largest absolute Gasteiger partial charge is 0.388 e. The van der Waals surface area contributed by atoms with E-state index in [0.29, 0.717) is 17.1 Å². The zero-order valence-corrected chi connectivity index (χ0v) is 21.2. The number of carbonyl (C=O) groups excluding carboxylic acids is 1. The summed E-state index contributed by atoms with van der Waals surface area (Å²) in [6.07, 6.45) is 7.13. The van der Waals surface area contributed by atoms with Crippen molar-refractivity contribution in [2.75, 3.05) is 6.54 Å². The standard InChI is InChI=1S/C28H32ClN3O2/c1-27(2,3)24-15-18(10-11-31-24)20-13-21(17-30-16-20)22-9-8-19(14-23(22)29)26(33)32-12-6-7-25(32)28(4,5)34/h8-11,13-17,25,34H,6-7,12H2,1-5H3. The van der Waals surface area contributed by atoms with Gasteiger partial charge in [0.05, 0.1) is 11.6 Å². The Labute approximate surface area is 206 Å². The van der Waals surface area contributed by atoms with E-state index in [1.165, 1.54) is 0 Å². The zero-order chi connectivity index (χ0) is 24.7. The van der Waals surface area contributed by atoms with Crippen LogP contribution in [0.25, 0.3) is 22.3 Å². The minimum atomic E-state index is -0.943. The number of nitrogens with zero attached hydrogens (tertiary/aromatic N) is 3. The predicted molar refractivity (Wildman–Crippen MR) is 137 cm³/mol. The molecule has 1 aliphatic rings. The number of amides is 1. The maximum absolute atomic E-state index is 13.2. The summed E-state index contributed by atoms with van der Waals surface area (Å²) in [4.78, 5) is 23.9. The molecule has 0 radical (unpaired) electrons. The maximum Gasteiger partial charge on any atom is 0.254 e.